The van der Waals surface area contributed by atoms with Crippen molar-refractivity contribution in [3.63, 3.8) is 0 Å². The van der Waals surface area contributed by atoms with Crippen LogP contribution in [0, 0.1) is 5.92 Å². The van der Waals surface area contributed by atoms with Gasteiger partial charge in [-0.15, -0.1) is 0 Å². The van der Waals surface area contributed by atoms with Crippen LogP contribution in [-0.4, -0.2) is 57.1 Å². The number of aliphatic carboxylic acids is 2. The van der Waals surface area contributed by atoms with Crippen LogP contribution in [0.25, 0.3) is 10.9 Å². The largest absolute Gasteiger partial charge is 0.481 e. The number of carbonyl (C=O) groups excluding carboxylic acids is 2. The molecule has 0 saturated carbocycles. The quantitative estimate of drug-likeness (QED) is 0.301. The minimum Gasteiger partial charge on any atom is -0.481 e. The fraction of sp³-hybridized carbons (Fsp3) is 0.429. The molecule has 31 heavy (non-hydrogen) atoms. The van der Waals surface area contributed by atoms with Gasteiger partial charge in [0.05, 0.1) is 12.5 Å². The van der Waals surface area contributed by atoms with E-state index >= 15 is 0 Å². The smallest absolute Gasteiger partial charge is 0.326 e. The predicted molar refractivity (Wildman–Crippen MR) is 113 cm³/mol. The number of para-hydroxylation sites is 1. The van der Waals surface area contributed by atoms with E-state index in [0.29, 0.717) is 0 Å². The lowest BCUT2D eigenvalue weighted by molar-refractivity contribution is -0.143. The number of carboxylic acids is 2. The van der Waals surface area contributed by atoms with Crippen molar-refractivity contribution >= 4 is 34.7 Å². The number of hydrogen-bond acceptors (Lipinski definition) is 5. The number of aromatic amines is 1. The van der Waals surface area contributed by atoms with Gasteiger partial charge >= 0.3 is 11.9 Å². The molecule has 1 aromatic heterocycles. The van der Waals surface area contributed by atoms with Gasteiger partial charge in [0.15, 0.2) is 0 Å². The van der Waals surface area contributed by atoms with E-state index in [4.69, 9.17) is 10.8 Å². The van der Waals surface area contributed by atoms with Crippen LogP contribution in [0.1, 0.15) is 32.3 Å². The highest BCUT2D eigenvalue weighted by atomic mass is 16.4. The second-order valence-corrected chi connectivity index (χ2v) is 7.86. The zero-order valence-corrected chi connectivity index (χ0v) is 17.4. The van der Waals surface area contributed by atoms with Gasteiger partial charge in [-0.1, -0.05) is 32.0 Å². The first-order valence-corrected chi connectivity index (χ1v) is 9.94. The first kappa shape index (κ1) is 23.9. The molecule has 3 atom stereocenters. The number of hydrogen-bond donors (Lipinski definition) is 6. The molecule has 2 rings (SSSR count). The van der Waals surface area contributed by atoms with Crippen molar-refractivity contribution in [2.75, 3.05) is 0 Å². The van der Waals surface area contributed by atoms with Gasteiger partial charge in [0.1, 0.15) is 12.1 Å². The summed E-state index contributed by atoms with van der Waals surface area (Å²) >= 11 is 0. The van der Waals surface area contributed by atoms with E-state index in [-0.39, 0.29) is 18.8 Å². The monoisotopic (exact) mass is 432 g/mol. The van der Waals surface area contributed by atoms with Crippen molar-refractivity contribution in [2.24, 2.45) is 11.7 Å². The predicted octanol–water partition coefficient (Wildman–Crippen LogP) is 0.613. The van der Waals surface area contributed by atoms with Crippen molar-refractivity contribution in [3.8, 4) is 0 Å². The Kier molecular flexibility index (Phi) is 8.14. The Morgan fingerprint density at radius 2 is 1.68 bits per heavy atom. The lowest BCUT2D eigenvalue weighted by atomic mass is 10.0. The molecule has 168 valence electrons. The number of nitrogens with one attached hydrogen (secondary N) is 3. The number of H-pyrrole nitrogens is 1. The molecule has 0 aliphatic carbocycles. The van der Waals surface area contributed by atoms with Crippen LogP contribution in [0.15, 0.2) is 30.5 Å². The Labute approximate surface area is 179 Å². The van der Waals surface area contributed by atoms with Crippen LogP contribution in [-0.2, 0) is 25.6 Å². The molecule has 2 amide bonds. The maximum Gasteiger partial charge on any atom is 0.326 e. The summed E-state index contributed by atoms with van der Waals surface area (Å²) in [6, 6.07) is 3.79. The summed E-state index contributed by atoms with van der Waals surface area (Å²) < 4.78 is 0. The van der Waals surface area contributed by atoms with E-state index in [1.807, 2.05) is 38.1 Å². The number of benzene rings is 1. The van der Waals surface area contributed by atoms with Gasteiger partial charge in [0, 0.05) is 23.5 Å². The highest BCUT2D eigenvalue weighted by Crippen LogP contribution is 2.19. The van der Waals surface area contributed by atoms with Crippen molar-refractivity contribution < 1.29 is 29.4 Å². The Bertz CT molecular complexity index is 954. The van der Waals surface area contributed by atoms with Crippen molar-refractivity contribution in [1.29, 1.82) is 0 Å². The first-order valence-electron chi connectivity index (χ1n) is 9.94. The normalized spacial score (nSPS) is 14.1. The Morgan fingerprint density at radius 1 is 1.03 bits per heavy atom. The average molecular weight is 432 g/mol. The van der Waals surface area contributed by atoms with Crippen LogP contribution in [0.3, 0.4) is 0 Å². The van der Waals surface area contributed by atoms with Crippen molar-refractivity contribution in [1.82, 2.24) is 15.6 Å². The van der Waals surface area contributed by atoms with E-state index in [1.54, 1.807) is 6.20 Å². The highest BCUT2D eigenvalue weighted by Gasteiger charge is 2.29. The molecule has 0 unspecified atom stereocenters. The fourth-order valence-corrected chi connectivity index (χ4v) is 3.25. The first-order chi connectivity index (χ1) is 14.6. The molecule has 10 nitrogen and oxygen atoms in total. The van der Waals surface area contributed by atoms with E-state index in [0.717, 1.165) is 16.5 Å². The van der Waals surface area contributed by atoms with Gasteiger partial charge in [-0.05, 0) is 24.0 Å². The zero-order chi connectivity index (χ0) is 23.1. The summed E-state index contributed by atoms with van der Waals surface area (Å²) in [6.45, 7) is 3.66. The van der Waals surface area contributed by atoms with Gasteiger partial charge in [0.25, 0.3) is 0 Å². The standard InChI is InChI=1S/C21H28N4O6/c1-11(2)7-17(21(30)31)25-20(29)16(24-19(28)14(22)9-18(26)27)8-12-10-23-15-6-4-3-5-13(12)15/h3-6,10-11,14,16-17,23H,7-9,22H2,1-2H3,(H,24,28)(H,25,29)(H,26,27)(H,30,31)/t14-,16-,17-/m0/s1. The van der Waals surface area contributed by atoms with Gasteiger partial charge in [-0.2, -0.15) is 0 Å². The maximum atomic E-state index is 12.9. The summed E-state index contributed by atoms with van der Waals surface area (Å²) in [6.07, 6.45) is 1.39. The number of amides is 2. The topological polar surface area (TPSA) is 175 Å². The number of carboxylic acid groups (broad SMARTS) is 2. The molecule has 2 aromatic rings. The minimum atomic E-state index is -1.35. The van der Waals surface area contributed by atoms with Crippen molar-refractivity contribution in [3.05, 3.63) is 36.0 Å². The fourth-order valence-electron chi connectivity index (χ4n) is 3.25. The summed E-state index contributed by atoms with van der Waals surface area (Å²) in [7, 11) is 0. The minimum absolute atomic E-state index is 0.0204. The molecule has 10 heteroatoms. The molecule has 0 aliphatic rings. The molecule has 0 spiro atoms. The second kappa shape index (κ2) is 10.6. The Hall–Kier alpha value is -3.40. The Morgan fingerprint density at radius 3 is 2.29 bits per heavy atom. The number of nitrogens with two attached hydrogens (primary N) is 1. The van der Waals surface area contributed by atoms with E-state index in [9.17, 15) is 24.3 Å². The van der Waals surface area contributed by atoms with E-state index in [2.05, 4.69) is 15.6 Å². The second-order valence-electron chi connectivity index (χ2n) is 7.86. The van der Waals surface area contributed by atoms with Crippen LogP contribution in [0.5, 0.6) is 0 Å². The van der Waals surface area contributed by atoms with Crippen LogP contribution < -0.4 is 16.4 Å². The number of rotatable bonds is 11. The van der Waals surface area contributed by atoms with Crippen LogP contribution >= 0.6 is 0 Å². The summed E-state index contributed by atoms with van der Waals surface area (Å²) in [5, 5.41) is 24.1. The maximum absolute atomic E-state index is 12.9. The summed E-state index contributed by atoms with van der Waals surface area (Å²) in [5.74, 6) is -3.90. The number of aromatic nitrogens is 1. The van der Waals surface area contributed by atoms with E-state index < -0.39 is 48.3 Å². The Balaban J connectivity index is 2.25. The molecule has 7 N–H and O–H groups in total. The van der Waals surface area contributed by atoms with Gasteiger partial charge < -0.3 is 31.6 Å². The zero-order valence-electron chi connectivity index (χ0n) is 17.4. The third-order valence-corrected chi connectivity index (χ3v) is 4.78. The average Bonchev–Trinajstić information content (AvgIpc) is 3.08. The molecular weight excluding hydrogens is 404 g/mol. The van der Waals surface area contributed by atoms with Crippen molar-refractivity contribution in [2.45, 2.75) is 51.2 Å². The lowest BCUT2D eigenvalue weighted by Gasteiger charge is -2.23. The van der Waals surface area contributed by atoms with Gasteiger partial charge in [-0.3, -0.25) is 14.4 Å². The summed E-state index contributed by atoms with van der Waals surface area (Å²) in [4.78, 5) is 50.8. The number of carbonyl (C=O) groups is 4. The molecule has 0 bridgehead atoms. The molecular formula is C21H28N4O6. The van der Waals surface area contributed by atoms with Crippen LogP contribution in [0.4, 0.5) is 0 Å². The highest BCUT2D eigenvalue weighted by molar-refractivity contribution is 5.93. The number of fused-ring (bicyclic) bond motifs is 1. The summed E-state index contributed by atoms with van der Waals surface area (Å²) in [5.41, 5.74) is 7.20. The SMILES string of the molecule is CC(C)C[C@H](NC(=O)[C@H](Cc1c[nH]c2ccccc12)NC(=O)[C@@H](N)CC(=O)O)C(=O)O. The molecule has 0 radical (unpaired) electrons. The van der Waals surface area contributed by atoms with Crippen LogP contribution in [0.2, 0.25) is 0 Å². The molecule has 0 saturated heterocycles. The van der Waals surface area contributed by atoms with E-state index in [1.165, 1.54) is 0 Å². The van der Waals surface area contributed by atoms with Gasteiger partial charge in [0.2, 0.25) is 11.8 Å². The third kappa shape index (κ3) is 6.82. The van der Waals surface area contributed by atoms with Gasteiger partial charge in [-0.25, -0.2) is 4.79 Å². The molecule has 0 fully saturated rings. The molecule has 1 aromatic carbocycles. The molecule has 1 heterocycles. The lowest BCUT2D eigenvalue weighted by Crippen LogP contribution is -2.55. The molecule has 0 aliphatic heterocycles. The third-order valence-electron chi connectivity index (χ3n) is 4.78.